The molecular weight excluding hydrogens is 363 g/mol. The molecule has 0 bridgehead atoms. The van der Waals surface area contributed by atoms with Crippen molar-refractivity contribution in [2.45, 2.75) is 13.5 Å². The molecule has 0 atom stereocenters. The maximum atomic E-state index is 12.2. The van der Waals surface area contributed by atoms with Crippen molar-refractivity contribution in [3.63, 3.8) is 0 Å². The zero-order chi connectivity index (χ0) is 17.8. The normalized spacial score (nSPS) is 16.1. The van der Waals surface area contributed by atoms with Gasteiger partial charge < -0.3 is 9.84 Å². The number of carbonyl (C=O) groups excluding carboxylic acids is 1. The highest BCUT2D eigenvalue weighted by Gasteiger charge is 2.20. The van der Waals surface area contributed by atoms with Crippen LogP contribution in [0.1, 0.15) is 11.5 Å². The van der Waals surface area contributed by atoms with Gasteiger partial charge in [0.1, 0.15) is 5.76 Å². The molecule has 25 heavy (non-hydrogen) atoms. The van der Waals surface area contributed by atoms with E-state index in [9.17, 15) is 4.79 Å². The van der Waals surface area contributed by atoms with Gasteiger partial charge in [0.25, 0.3) is 0 Å². The average molecular weight is 383 g/mol. The van der Waals surface area contributed by atoms with Crippen LogP contribution in [0.5, 0.6) is 0 Å². The predicted octanol–water partition coefficient (Wildman–Crippen LogP) is 3.05. The van der Waals surface area contributed by atoms with Crippen molar-refractivity contribution in [2.75, 3.05) is 38.0 Å². The molecule has 0 radical (unpaired) electrons. The Kier molecular flexibility index (Phi) is 5.96. The summed E-state index contributed by atoms with van der Waals surface area (Å²) in [7, 11) is 0. The number of nitrogens with one attached hydrogen (secondary N) is 1. The molecule has 1 aliphatic heterocycles. The van der Waals surface area contributed by atoms with Crippen molar-refractivity contribution >= 4 is 34.8 Å². The lowest BCUT2D eigenvalue weighted by molar-refractivity contribution is -0.117. The molecule has 2 heterocycles. The summed E-state index contributed by atoms with van der Waals surface area (Å²) >= 11 is 11.9. The highest BCUT2D eigenvalue weighted by Crippen LogP contribution is 2.25. The summed E-state index contributed by atoms with van der Waals surface area (Å²) < 4.78 is 5.09. The minimum atomic E-state index is -0.0789. The van der Waals surface area contributed by atoms with Crippen molar-refractivity contribution in [2.24, 2.45) is 0 Å². The molecule has 1 saturated heterocycles. The summed E-state index contributed by atoms with van der Waals surface area (Å²) in [6.45, 7) is 6.45. The van der Waals surface area contributed by atoms with Crippen molar-refractivity contribution in [1.29, 1.82) is 0 Å². The molecule has 0 unspecified atom stereocenters. The molecule has 3 rings (SSSR count). The summed E-state index contributed by atoms with van der Waals surface area (Å²) in [4.78, 5) is 16.6. The van der Waals surface area contributed by atoms with Crippen molar-refractivity contribution in [3.8, 4) is 0 Å². The molecule has 8 heteroatoms. The molecule has 2 aromatic rings. The van der Waals surface area contributed by atoms with Gasteiger partial charge in [-0.2, -0.15) is 0 Å². The Bertz CT molecular complexity index is 742. The van der Waals surface area contributed by atoms with Gasteiger partial charge in [0.05, 0.1) is 22.9 Å². The van der Waals surface area contributed by atoms with E-state index in [-0.39, 0.29) is 5.91 Å². The largest absolute Gasteiger partial charge is 0.361 e. The van der Waals surface area contributed by atoms with Crippen LogP contribution in [-0.4, -0.2) is 53.6 Å². The Hall–Kier alpha value is -1.60. The van der Waals surface area contributed by atoms with E-state index in [1.807, 2.05) is 13.0 Å². The number of nitrogens with zero attached hydrogens (tertiary/aromatic N) is 3. The first-order chi connectivity index (χ1) is 12.0. The second-order valence-corrected chi connectivity index (χ2v) is 7.00. The van der Waals surface area contributed by atoms with E-state index < -0.39 is 0 Å². The number of rotatable bonds is 5. The van der Waals surface area contributed by atoms with E-state index in [1.54, 1.807) is 18.2 Å². The van der Waals surface area contributed by atoms with E-state index in [2.05, 4.69) is 20.3 Å². The van der Waals surface area contributed by atoms with Crippen LogP contribution in [0, 0.1) is 6.92 Å². The fourth-order valence-electron chi connectivity index (χ4n) is 2.81. The fourth-order valence-corrected chi connectivity index (χ4v) is 3.27. The van der Waals surface area contributed by atoms with E-state index in [1.165, 1.54) is 0 Å². The summed E-state index contributed by atoms with van der Waals surface area (Å²) in [5, 5.41) is 7.84. The van der Waals surface area contributed by atoms with Crippen LogP contribution in [0.4, 0.5) is 5.69 Å². The third kappa shape index (κ3) is 5.19. The topological polar surface area (TPSA) is 61.6 Å². The van der Waals surface area contributed by atoms with Gasteiger partial charge >= 0.3 is 0 Å². The van der Waals surface area contributed by atoms with Gasteiger partial charge in [-0.15, -0.1) is 0 Å². The van der Waals surface area contributed by atoms with Gasteiger partial charge in [-0.25, -0.2) is 0 Å². The molecule has 134 valence electrons. The van der Waals surface area contributed by atoms with E-state index >= 15 is 0 Å². The Morgan fingerprint density at radius 1 is 1.20 bits per heavy atom. The Labute approximate surface area is 156 Å². The molecule has 0 aliphatic carbocycles. The van der Waals surface area contributed by atoms with Crippen LogP contribution in [0.25, 0.3) is 0 Å². The van der Waals surface area contributed by atoms with Gasteiger partial charge in [0.2, 0.25) is 5.91 Å². The van der Waals surface area contributed by atoms with Gasteiger partial charge in [-0.3, -0.25) is 14.6 Å². The second kappa shape index (κ2) is 8.19. The zero-order valence-electron chi connectivity index (χ0n) is 14.0. The quantitative estimate of drug-likeness (QED) is 0.860. The number of benzene rings is 1. The van der Waals surface area contributed by atoms with Gasteiger partial charge in [-0.05, 0) is 25.1 Å². The number of aromatic nitrogens is 1. The summed E-state index contributed by atoms with van der Waals surface area (Å²) in [5.41, 5.74) is 1.53. The van der Waals surface area contributed by atoms with E-state index in [0.717, 1.165) is 44.2 Å². The molecule has 1 aromatic carbocycles. The maximum absolute atomic E-state index is 12.2. The number of hydrogen-bond donors (Lipinski definition) is 1. The average Bonchev–Trinajstić information content (AvgIpc) is 2.97. The molecule has 1 aromatic heterocycles. The molecule has 1 fully saturated rings. The molecule has 1 N–H and O–H groups in total. The first-order valence-corrected chi connectivity index (χ1v) is 8.87. The number of carbonyl (C=O) groups is 1. The minimum Gasteiger partial charge on any atom is -0.361 e. The lowest BCUT2D eigenvalue weighted by Gasteiger charge is -2.33. The lowest BCUT2D eigenvalue weighted by Crippen LogP contribution is -2.48. The Morgan fingerprint density at radius 2 is 1.92 bits per heavy atom. The van der Waals surface area contributed by atoms with Gasteiger partial charge in [0.15, 0.2) is 0 Å². The van der Waals surface area contributed by atoms with Crippen molar-refractivity contribution < 1.29 is 9.32 Å². The Morgan fingerprint density at radius 3 is 2.56 bits per heavy atom. The highest BCUT2D eigenvalue weighted by molar-refractivity contribution is 6.36. The Balaban J connectivity index is 1.44. The van der Waals surface area contributed by atoms with Crippen LogP contribution in [0.15, 0.2) is 28.8 Å². The first kappa shape index (κ1) is 18.2. The number of aryl methyl sites for hydroxylation is 1. The monoisotopic (exact) mass is 382 g/mol. The lowest BCUT2D eigenvalue weighted by atomic mass is 10.2. The van der Waals surface area contributed by atoms with Crippen LogP contribution in [-0.2, 0) is 11.3 Å². The summed E-state index contributed by atoms with van der Waals surface area (Å²) in [6, 6.07) is 6.98. The molecule has 1 amide bonds. The third-order valence-corrected chi connectivity index (χ3v) is 4.65. The van der Waals surface area contributed by atoms with Crippen LogP contribution in [0.2, 0.25) is 10.0 Å². The second-order valence-electron chi connectivity index (χ2n) is 6.15. The van der Waals surface area contributed by atoms with E-state index in [4.69, 9.17) is 27.7 Å². The smallest absolute Gasteiger partial charge is 0.238 e. The summed E-state index contributed by atoms with van der Waals surface area (Å²) in [5.74, 6) is 0.746. The third-order valence-electron chi connectivity index (χ3n) is 4.10. The maximum Gasteiger partial charge on any atom is 0.238 e. The van der Waals surface area contributed by atoms with Crippen LogP contribution >= 0.6 is 23.2 Å². The number of piperazine rings is 1. The van der Waals surface area contributed by atoms with Crippen LogP contribution < -0.4 is 5.32 Å². The SMILES string of the molecule is Cc1cc(CN2CCN(CC(=O)Nc3ccc(Cl)cc3Cl)CC2)no1. The number of halogens is 2. The fraction of sp³-hybridized carbons (Fsp3) is 0.412. The van der Waals surface area contributed by atoms with Crippen molar-refractivity contribution in [1.82, 2.24) is 15.0 Å². The molecule has 0 saturated carbocycles. The van der Waals surface area contributed by atoms with E-state index in [0.29, 0.717) is 22.3 Å². The summed E-state index contributed by atoms with van der Waals surface area (Å²) in [6.07, 6.45) is 0. The van der Waals surface area contributed by atoms with Gasteiger partial charge in [0, 0.05) is 43.8 Å². The molecule has 1 aliphatic rings. The standard InChI is InChI=1S/C17H20Cl2N4O2/c1-12-8-14(21-25-12)10-22-4-6-23(7-5-22)11-17(24)20-16-3-2-13(18)9-15(16)19/h2-3,8-9H,4-7,10-11H2,1H3,(H,20,24). The number of hydrogen-bond acceptors (Lipinski definition) is 5. The van der Waals surface area contributed by atoms with Gasteiger partial charge in [-0.1, -0.05) is 28.4 Å². The number of anilines is 1. The first-order valence-electron chi connectivity index (χ1n) is 8.11. The zero-order valence-corrected chi connectivity index (χ0v) is 15.5. The van der Waals surface area contributed by atoms with Crippen LogP contribution in [0.3, 0.4) is 0 Å². The molecule has 0 spiro atoms. The molecular formula is C17H20Cl2N4O2. The highest BCUT2D eigenvalue weighted by atomic mass is 35.5. The minimum absolute atomic E-state index is 0.0789. The molecule has 6 nitrogen and oxygen atoms in total. The number of amides is 1. The predicted molar refractivity (Wildman–Crippen MR) is 98.0 cm³/mol. The van der Waals surface area contributed by atoms with Crippen molar-refractivity contribution in [3.05, 3.63) is 45.8 Å².